The number of ether oxygens (including phenoxy) is 2. The van der Waals surface area contributed by atoms with Crippen LogP contribution in [0.1, 0.15) is 40.5 Å². The molecule has 0 aromatic carbocycles. The first kappa shape index (κ1) is 14.3. The first-order valence-corrected chi connectivity index (χ1v) is 7.25. The molecule has 0 amide bonds. The molecule has 0 aliphatic carbocycles. The van der Waals surface area contributed by atoms with Crippen LogP contribution in [0, 0.1) is 5.41 Å². The third kappa shape index (κ3) is 3.23. The van der Waals surface area contributed by atoms with Gasteiger partial charge in [0.1, 0.15) is 12.3 Å². The minimum Gasteiger partial charge on any atom is -0.370 e. The van der Waals surface area contributed by atoms with Gasteiger partial charge >= 0.3 is 0 Å². The molecule has 106 valence electrons. The summed E-state index contributed by atoms with van der Waals surface area (Å²) in [4.78, 5) is 2.53. The van der Waals surface area contributed by atoms with E-state index in [4.69, 9.17) is 9.47 Å². The Kier molecular flexibility index (Phi) is 4.64. The van der Waals surface area contributed by atoms with E-state index in [-0.39, 0.29) is 17.7 Å². The van der Waals surface area contributed by atoms with Crippen molar-refractivity contribution in [2.45, 2.75) is 59.0 Å². The normalized spacial score (nSPS) is 34.3. The van der Waals surface area contributed by atoms with Crippen LogP contribution in [0.2, 0.25) is 0 Å². The number of fused-ring (bicyclic) bond motifs is 1. The number of hydrogen-bond acceptors (Lipinski definition) is 4. The molecule has 0 bridgehead atoms. The fourth-order valence-electron chi connectivity index (χ4n) is 2.85. The summed E-state index contributed by atoms with van der Waals surface area (Å²) in [6, 6.07) is 0. The Labute approximate surface area is 111 Å². The van der Waals surface area contributed by atoms with E-state index in [1.807, 2.05) is 0 Å². The lowest BCUT2D eigenvalue weighted by atomic mass is 9.89. The quantitative estimate of drug-likeness (QED) is 0.835. The van der Waals surface area contributed by atoms with Crippen LogP contribution in [0.4, 0.5) is 0 Å². The standard InChI is InChI=1S/C14H28N2O2/c1-5-6-7-16-10-11-12(18-9-8-17-11)15-13(16)14(2,3)4/h11-13,15H,5-10H2,1-4H3. The molecule has 2 heterocycles. The first-order chi connectivity index (χ1) is 8.52. The van der Waals surface area contributed by atoms with Crippen LogP contribution < -0.4 is 5.32 Å². The fourth-order valence-corrected chi connectivity index (χ4v) is 2.85. The average Bonchev–Trinajstić information content (AvgIpc) is 2.34. The predicted molar refractivity (Wildman–Crippen MR) is 72.3 cm³/mol. The lowest BCUT2D eigenvalue weighted by molar-refractivity contribution is -0.199. The van der Waals surface area contributed by atoms with E-state index in [0.29, 0.717) is 12.8 Å². The number of unbranched alkanes of at least 4 members (excludes halogenated alkanes) is 1. The van der Waals surface area contributed by atoms with Crippen LogP contribution >= 0.6 is 0 Å². The molecule has 3 unspecified atom stereocenters. The van der Waals surface area contributed by atoms with Crippen molar-refractivity contribution in [1.82, 2.24) is 10.2 Å². The maximum Gasteiger partial charge on any atom is 0.137 e. The first-order valence-electron chi connectivity index (χ1n) is 7.25. The Morgan fingerprint density at radius 2 is 1.94 bits per heavy atom. The van der Waals surface area contributed by atoms with Crippen molar-refractivity contribution in [2.24, 2.45) is 5.41 Å². The Morgan fingerprint density at radius 3 is 2.61 bits per heavy atom. The van der Waals surface area contributed by atoms with E-state index < -0.39 is 0 Å². The van der Waals surface area contributed by atoms with E-state index in [1.165, 1.54) is 12.8 Å². The van der Waals surface area contributed by atoms with Gasteiger partial charge < -0.3 is 9.47 Å². The van der Waals surface area contributed by atoms with Gasteiger partial charge in [0.2, 0.25) is 0 Å². The topological polar surface area (TPSA) is 33.7 Å². The van der Waals surface area contributed by atoms with Crippen molar-refractivity contribution < 1.29 is 9.47 Å². The molecule has 2 fully saturated rings. The minimum atomic E-state index is 0.0702. The van der Waals surface area contributed by atoms with Crippen molar-refractivity contribution in [3.63, 3.8) is 0 Å². The largest absolute Gasteiger partial charge is 0.370 e. The second kappa shape index (κ2) is 5.87. The molecule has 1 N–H and O–H groups in total. The summed E-state index contributed by atoms with van der Waals surface area (Å²) in [6.45, 7) is 12.7. The smallest absolute Gasteiger partial charge is 0.137 e. The molecule has 0 aromatic heterocycles. The van der Waals surface area contributed by atoms with Gasteiger partial charge in [0.25, 0.3) is 0 Å². The number of hydrogen-bond donors (Lipinski definition) is 1. The third-order valence-electron chi connectivity index (χ3n) is 3.77. The van der Waals surface area contributed by atoms with Gasteiger partial charge in [0.05, 0.1) is 19.4 Å². The molecule has 2 aliphatic rings. The summed E-state index contributed by atoms with van der Waals surface area (Å²) in [6.07, 6.45) is 3.10. The highest BCUT2D eigenvalue weighted by Gasteiger charge is 2.42. The molecule has 2 saturated heterocycles. The zero-order valence-corrected chi connectivity index (χ0v) is 12.2. The molecule has 2 aliphatic heterocycles. The van der Waals surface area contributed by atoms with E-state index >= 15 is 0 Å². The van der Waals surface area contributed by atoms with Crippen LogP contribution in [0.25, 0.3) is 0 Å². The van der Waals surface area contributed by atoms with E-state index in [1.54, 1.807) is 0 Å². The van der Waals surface area contributed by atoms with Gasteiger partial charge in [0, 0.05) is 6.54 Å². The van der Waals surface area contributed by atoms with Crippen LogP contribution in [0.3, 0.4) is 0 Å². The highest BCUT2D eigenvalue weighted by Crippen LogP contribution is 2.28. The van der Waals surface area contributed by atoms with Gasteiger partial charge in [0.15, 0.2) is 0 Å². The van der Waals surface area contributed by atoms with Gasteiger partial charge in [-0.3, -0.25) is 10.2 Å². The molecule has 0 radical (unpaired) electrons. The van der Waals surface area contributed by atoms with Crippen molar-refractivity contribution in [3.05, 3.63) is 0 Å². The summed E-state index contributed by atoms with van der Waals surface area (Å²) in [7, 11) is 0. The Hall–Kier alpha value is -0.160. The van der Waals surface area contributed by atoms with E-state index in [9.17, 15) is 0 Å². The highest BCUT2D eigenvalue weighted by atomic mass is 16.6. The Morgan fingerprint density at radius 1 is 1.22 bits per heavy atom. The summed E-state index contributed by atoms with van der Waals surface area (Å²) in [5.41, 5.74) is 0.208. The SMILES string of the molecule is CCCCN1CC2OCCOC2NC1C(C)(C)C. The van der Waals surface area contributed by atoms with Gasteiger partial charge in [-0.05, 0) is 18.4 Å². The predicted octanol–water partition coefficient (Wildman–Crippen LogP) is 1.81. The number of nitrogens with one attached hydrogen (secondary N) is 1. The van der Waals surface area contributed by atoms with Gasteiger partial charge in [-0.1, -0.05) is 34.1 Å². The van der Waals surface area contributed by atoms with Crippen LogP contribution in [0.5, 0.6) is 0 Å². The lowest BCUT2D eigenvalue weighted by Crippen LogP contribution is -2.68. The Balaban J connectivity index is 2.04. The lowest BCUT2D eigenvalue weighted by Gasteiger charge is -2.50. The van der Waals surface area contributed by atoms with Crippen LogP contribution in [0.15, 0.2) is 0 Å². The summed E-state index contributed by atoms with van der Waals surface area (Å²) < 4.78 is 11.6. The highest BCUT2D eigenvalue weighted by molar-refractivity contribution is 4.92. The molecule has 18 heavy (non-hydrogen) atoms. The van der Waals surface area contributed by atoms with Gasteiger partial charge in [-0.15, -0.1) is 0 Å². The summed E-state index contributed by atoms with van der Waals surface area (Å²) >= 11 is 0. The third-order valence-corrected chi connectivity index (χ3v) is 3.77. The second-order valence-electron chi connectivity index (χ2n) is 6.48. The fraction of sp³-hybridized carbons (Fsp3) is 1.00. The molecule has 0 spiro atoms. The molecule has 0 saturated carbocycles. The monoisotopic (exact) mass is 256 g/mol. The molecule has 4 nitrogen and oxygen atoms in total. The summed E-state index contributed by atoms with van der Waals surface area (Å²) in [5, 5.41) is 3.63. The maximum atomic E-state index is 5.82. The zero-order chi connectivity index (χ0) is 13.2. The number of rotatable bonds is 3. The van der Waals surface area contributed by atoms with Crippen molar-refractivity contribution >= 4 is 0 Å². The minimum absolute atomic E-state index is 0.0702. The Bertz CT molecular complexity index is 265. The van der Waals surface area contributed by atoms with Crippen LogP contribution in [-0.2, 0) is 9.47 Å². The van der Waals surface area contributed by atoms with Gasteiger partial charge in [-0.25, -0.2) is 0 Å². The zero-order valence-electron chi connectivity index (χ0n) is 12.2. The maximum absolute atomic E-state index is 5.82. The molecular formula is C14H28N2O2. The molecular weight excluding hydrogens is 228 g/mol. The molecule has 0 aromatic rings. The van der Waals surface area contributed by atoms with E-state index in [2.05, 4.69) is 37.9 Å². The van der Waals surface area contributed by atoms with Gasteiger partial charge in [-0.2, -0.15) is 0 Å². The van der Waals surface area contributed by atoms with Crippen LogP contribution in [-0.4, -0.2) is 49.7 Å². The van der Waals surface area contributed by atoms with Crippen molar-refractivity contribution in [2.75, 3.05) is 26.3 Å². The van der Waals surface area contributed by atoms with Crippen molar-refractivity contribution in [1.29, 1.82) is 0 Å². The second-order valence-corrected chi connectivity index (χ2v) is 6.48. The van der Waals surface area contributed by atoms with Crippen molar-refractivity contribution in [3.8, 4) is 0 Å². The molecule has 3 atom stereocenters. The molecule has 2 rings (SSSR count). The average molecular weight is 256 g/mol. The molecule has 4 heteroatoms. The van der Waals surface area contributed by atoms with E-state index in [0.717, 1.165) is 19.7 Å². The number of nitrogens with zero attached hydrogens (tertiary/aromatic N) is 1. The summed E-state index contributed by atoms with van der Waals surface area (Å²) in [5.74, 6) is 0.